The SMILES string of the molecule is CC(C)Oc1c(N)nsc1NCc1ccc(F)cc1F. The third kappa shape index (κ3) is 3.36. The Morgan fingerprint density at radius 1 is 1.40 bits per heavy atom. The van der Waals surface area contributed by atoms with E-state index in [0.29, 0.717) is 22.1 Å². The summed E-state index contributed by atoms with van der Waals surface area (Å²) in [5.74, 6) is -0.434. The highest BCUT2D eigenvalue weighted by Crippen LogP contribution is 2.36. The lowest BCUT2D eigenvalue weighted by Crippen LogP contribution is -2.09. The quantitative estimate of drug-likeness (QED) is 0.888. The van der Waals surface area contributed by atoms with E-state index >= 15 is 0 Å². The lowest BCUT2D eigenvalue weighted by molar-refractivity contribution is 0.245. The molecule has 20 heavy (non-hydrogen) atoms. The van der Waals surface area contributed by atoms with E-state index in [0.717, 1.165) is 17.6 Å². The van der Waals surface area contributed by atoms with Gasteiger partial charge < -0.3 is 15.8 Å². The molecule has 0 amide bonds. The van der Waals surface area contributed by atoms with Crippen LogP contribution in [0.5, 0.6) is 5.75 Å². The Kier molecular flexibility index (Phi) is 4.39. The van der Waals surface area contributed by atoms with E-state index in [9.17, 15) is 8.78 Å². The highest BCUT2D eigenvalue weighted by atomic mass is 32.1. The van der Waals surface area contributed by atoms with Gasteiger partial charge in [0, 0.05) is 18.2 Å². The monoisotopic (exact) mass is 299 g/mol. The number of rotatable bonds is 5. The number of benzene rings is 1. The molecular formula is C13H15F2N3OS. The molecule has 0 aliphatic heterocycles. The molecule has 1 aromatic heterocycles. The van der Waals surface area contributed by atoms with Gasteiger partial charge in [0.25, 0.3) is 0 Å². The largest absolute Gasteiger partial charge is 0.484 e. The third-order valence-corrected chi connectivity index (χ3v) is 3.28. The minimum Gasteiger partial charge on any atom is -0.484 e. The van der Waals surface area contributed by atoms with Crippen molar-refractivity contribution in [2.45, 2.75) is 26.5 Å². The number of hydrogen-bond acceptors (Lipinski definition) is 5. The summed E-state index contributed by atoms with van der Waals surface area (Å²) in [4.78, 5) is 0. The molecule has 0 spiro atoms. The van der Waals surface area contributed by atoms with Crippen molar-refractivity contribution >= 4 is 22.4 Å². The van der Waals surface area contributed by atoms with E-state index in [-0.39, 0.29) is 12.6 Å². The van der Waals surface area contributed by atoms with Crippen LogP contribution < -0.4 is 15.8 Å². The number of nitrogens with zero attached hydrogens (tertiary/aromatic N) is 1. The lowest BCUT2D eigenvalue weighted by Gasteiger charge is -2.12. The maximum atomic E-state index is 13.5. The highest BCUT2D eigenvalue weighted by Gasteiger charge is 2.15. The molecule has 0 saturated carbocycles. The zero-order valence-electron chi connectivity index (χ0n) is 11.1. The van der Waals surface area contributed by atoms with Gasteiger partial charge in [0.05, 0.1) is 6.10 Å². The Bertz CT molecular complexity index is 601. The van der Waals surface area contributed by atoms with Crippen molar-refractivity contribution in [1.82, 2.24) is 4.37 Å². The van der Waals surface area contributed by atoms with Crippen molar-refractivity contribution in [3.8, 4) is 5.75 Å². The predicted octanol–water partition coefficient (Wildman–Crippen LogP) is 3.40. The van der Waals surface area contributed by atoms with Crippen LogP contribution in [0.1, 0.15) is 19.4 Å². The van der Waals surface area contributed by atoms with Crippen LogP contribution in [0.4, 0.5) is 19.6 Å². The summed E-state index contributed by atoms with van der Waals surface area (Å²) in [5, 5.41) is 3.63. The molecule has 7 heteroatoms. The van der Waals surface area contributed by atoms with Crippen LogP contribution in [0.15, 0.2) is 18.2 Å². The van der Waals surface area contributed by atoms with Crippen molar-refractivity contribution in [2.24, 2.45) is 0 Å². The van der Waals surface area contributed by atoms with Crippen LogP contribution >= 0.6 is 11.5 Å². The van der Waals surface area contributed by atoms with Crippen molar-refractivity contribution < 1.29 is 13.5 Å². The summed E-state index contributed by atoms with van der Waals surface area (Å²) < 4.78 is 35.9. The first-order chi connectivity index (χ1) is 9.47. The van der Waals surface area contributed by atoms with Crippen molar-refractivity contribution in [2.75, 3.05) is 11.1 Å². The molecule has 0 aliphatic carbocycles. The minimum atomic E-state index is -0.600. The molecule has 0 atom stereocenters. The van der Waals surface area contributed by atoms with E-state index in [2.05, 4.69) is 9.69 Å². The van der Waals surface area contributed by atoms with Crippen LogP contribution in [-0.2, 0) is 6.54 Å². The Balaban J connectivity index is 2.11. The van der Waals surface area contributed by atoms with Gasteiger partial charge in [-0.15, -0.1) is 0 Å². The predicted molar refractivity (Wildman–Crippen MR) is 76.0 cm³/mol. The van der Waals surface area contributed by atoms with Gasteiger partial charge >= 0.3 is 0 Å². The fourth-order valence-corrected chi connectivity index (χ4v) is 2.24. The molecule has 0 unspecified atom stereocenters. The average Bonchev–Trinajstić information content (AvgIpc) is 2.69. The number of nitrogens with one attached hydrogen (secondary N) is 1. The molecule has 0 aliphatic rings. The number of aromatic nitrogens is 1. The Morgan fingerprint density at radius 3 is 2.80 bits per heavy atom. The third-order valence-electron chi connectivity index (χ3n) is 2.48. The normalized spacial score (nSPS) is 10.8. The van der Waals surface area contributed by atoms with Crippen LogP contribution in [0.25, 0.3) is 0 Å². The lowest BCUT2D eigenvalue weighted by atomic mass is 10.2. The summed E-state index contributed by atoms with van der Waals surface area (Å²) in [6.07, 6.45) is -0.0446. The van der Waals surface area contributed by atoms with Crippen molar-refractivity contribution in [3.05, 3.63) is 35.4 Å². The second-order valence-electron chi connectivity index (χ2n) is 4.48. The van der Waals surface area contributed by atoms with Crippen LogP contribution in [0.3, 0.4) is 0 Å². The number of nitrogens with two attached hydrogens (primary N) is 1. The van der Waals surface area contributed by atoms with E-state index in [1.165, 1.54) is 12.1 Å². The van der Waals surface area contributed by atoms with Crippen LogP contribution in [0, 0.1) is 11.6 Å². The van der Waals surface area contributed by atoms with Gasteiger partial charge in [-0.1, -0.05) is 6.07 Å². The number of halogens is 2. The van der Waals surface area contributed by atoms with E-state index < -0.39 is 11.6 Å². The summed E-state index contributed by atoms with van der Waals surface area (Å²) in [7, 11) is 0. The van der Waals surface area contributed by atoms with Gasteiger partial charge in [-0.05, 0) is 31.4 Å². The van der Waals surface area contributed by atoms with Gasteiger partial charge in [0.2, 0.25) is 0 Å². The molecule has 2 aromatic rings. The molecule has 1 heterocycles. The van der Waals surface area contributed by atoms with Gasteiger partial charge in [-0.25, -0.2) is 8.78 Å². The first kappa shape index (κ1) is 14.5. The first-order valence-electron chi connectivity index (χ1n) is 6.07. The fraction of sp³-hybridized carbons (Fsp3) is 0.308. The Morgan fingerprint density at radius 2 is 2.15 bits per heavy atom. The van der Waals surface area contributed by atoms with Crippen molar-refractivity contribution in [1.29, 1.82) is 0 Å². The summed E-state index contributed by atoms with van der Waals surface area (Å²) >= 11 is 1.14. The summed E-state index contributed by atoms with van der Waals surface area (Å²) in [5.41, 5.74) is 6.07. The Labute approximate surface area is 119 Å². The smallest absolute Gasteiger partial charge is 0.197 e. The molecule has 4 nitrogen and oxygen atoms in total. The topological polar surface area (TPSA) is 60.2 Å². The minimum absolute atomic E-state index is 0.0446. The summed E-state index contributed by atoms with van der Waals surface area (Å²) in [6, 6.07) is 3.46. The zero-order chi connectivity index (χ0) is 14.7. The summed E-state index contributed by atoms with van der Waals surface area (Å²) in [6.45, 7) is 3.95. The van der Waals surface area contributed by atoms with E-state index in [1.807, 2.05) is 13.8 Å². The number of anilines is 2. The maximum Gasteiger partial charge on any atom is 0.197 e. The van der Waals surface area contributed by atoms with Gasteiger partial charge in [-0.3, -0.25) is 0 Å². The second-order valence-corrected chi connectivity index (χ2v) is 5.26. The molecular weight excluding hydrogens is 284 g/mol. The number of nitrogen functional groups attached to an aromatic ring is 1. The van der Waals surface area contributed by atoms with E-state index in [4.69, 9.17) is 10.5 Å². The van der Waals surface area contributed by atoms with Gasteiger partial charge in [0.15, 0.2) is 16.6 Å². The van der Waals surface area contributed by atoms with Gasteiger partial charge in [-0.2, -0.15) is 4.37 Å². The molecule has 0 bridgehead atoms. The van der Waals surface area contributed by atoms with Gasteiger partial charge in [0.1, 0.15) is 11.6 Å². The zero-order valence-corrected chi connectivity index (χ0v) is 11.9. The highest BCUT2D eigenvalue weighted by molar-refractivity contribution is 7.11. The van der Waals surface area contributed by atoms with E-state index in [1.54, 1.807) is 0 Å². The maximum absolute atomic E-state index is 13.5. The standard InChI is InChI=1S/C13H15F2N3OS/c1-7(2)19-11-12(16)18-20-13(11)17-6-8-3-4-9(14)5-10(8)15/h3-5,7,17H,6H2,1-2H3,(H2,16,18). The van der Waals surface area contributed by atoms with Crippen LogP contribution in [-0.4, -0.2) is 10.5 Å². The van der Waals surface area contributed by atoms with Crippen molar-refractivity contribution in [3.63, 3.8) is 0 Å². The fourth-order valence-electron chi connectivity index (χ4n) is 1.60. The number of hydrogen-bond donors (Lipinski definition) is 2. The molecule has 0 radical (unpaired) electrons. The second kappa shape index (κ2) is 6.04. The molecule has 0 fully saturated rings. The first-order valence-corrected chi connectivity index (χ1v) is 6.84. The molecule has 108 valence electrons. The number of ether oxygens (including phenoxy) is 1. The van der Waals surface area contributed by atoms with Crippen LogP contribution in [0.2, 0.25) is 0 Å². The molecule has 1 aromatic carbocycles. The molecule has 3 N–H and O–H groups in total. The Hall–Kier alpha value is -1.89. The molecule has 0 saturated heterocycles. The molecule has 2 rings (SSSR count). The average molecular weight is 299 g/mol.